The van der Waals surface area contributed by atoms with E-state index in [1.54, 1.807) is 50.4 Å². The summed E-state index contributed by atoms with van der Waals surface area (Å²) < 4.78 is 34.5. The molecule has 206 valence electrons. The van der Waals surface area contributed by atoms with Crippen molar-refractivity contribution in [3.63, 3.8) is 0 Å². The molecule has 0 aromatic carbocycles. The molecule has 2 amide bonds. The molecule has 2 N–H and O–H groups in total. The van der Waals surface area contributed by atoms with Gasteiger partial charge in [0, 0.05) is 44.0 Å². The molecule has 0 aliphatic heterocycles. The van der Waals surface area contributed by atoms with Crippen LogP contribution >= 0.6 is 11.6 Å². The molecule has 0 spiro atoms. The smallest absolute Gasteiger partial charge is 0.413 e. The number of aryl methyl sites for hydroxylation is 1. The Bertz CT molecular complexity index is 1540. The Hall–Kier alpha value is -4.52. The number of hydrogen-bond acceptors (Lipinski definition) is 8. The van der Waals surface area contributed by atoms with Crippen LogP contribution in [0, 0.1) is 0 Å². The Morgan fingerprint density at radius 2 is 1.85 bits per heavy atom. The molecule has 0 unspecified atom stereocenters. The van der Waals surface area contributed by atoms with E-state index in [2.05, 4.69) is 35.9 Å². The van der Waals surface area contributed by atoms with Crippen LogP contribution in [0.1, 0.15) is 37.0 Å². The lowest BCUT2D eigenvalue weighted by molar-refractivity contribution is -0.154. The summed E-state index contributed by atoms with van der Waals surface area (Å²) in [4.78, 5) is 38.0. The number of anilines is 2. The number of nitrogens with zero attached hydrogens (tertiary/aromatic N) is 6. The standard InChI is InChI=1S/C26H23ClF2N8O3/c1-15(18-6-4-10-31-21(18)27)40-24(39)34-22-20(35-36-37(22)2)19-8-7-17(12-32-19)33-23(38)25(13-26(28,29)14-25)16-5-3-9-30-11-16/h3-12,15H,13-14H2,1-2H3,(H,33,38)(H,34,39)/t15-/m1/s1. The lowest BCUT2D eigenvalue weighted by Crippen LogP contribution is -2.56. The maximum atomic E-state index is 13.9. The van der Waals surface area contributed by atoms with Crippen molar-refractivity contribution in [2.75, 3.05) is 10.6 Å². The predicted molar refractivity (Wildman–Crippen MR) is 141 cm³/mol. The number of carbonyl (C=O) groups excluding carboxylic acids is 2. The number of ether oxygens (including phenoxy) is 1. The molecule has 40 heavy (non-hydrogen) atoms. The molecule has 4 aromatic heterocycles. The molecule has 4 aromatic rings. The minimum atomic E-state index is -2.94. The lowest BCUT2D eigenvalue weighted by atomic mass is 9.61. The molecule has 0 bridgehead atoms. The Kier molecular flexibility index (Phi) is 7.15. The monoisotopic (exact) mass is 568 g/mol. The minimum absolute atomic E-state index is 0.214. The van der Waals surface area contributed by atoms with E-state index in [4.69, 9.17) is 16.3 Å². The van der Waals surface area contributed by atoms with E-state index in [9.17, 15) is 18.4 Å². The maximum absolute atomic E-state index is 13.9. The molecule has 1 fully saturated rings. The van der Waals surface area contributed by atoms with Crippen LogP contribution < -0.4 is 10.6 Å². The van der Waals surface area contributed by atoms with Gasteiger partial charge in [-0.25, -0.2) is 23.2 Å². The molecule has 11 nitrogen and oxygen atoms in total. The van der Waals surface area contributed by atoms with Gasteiger partial charge in [0.15, 0.2) is 11.5 Å². The highest BCUT2D eigenvalue weighted by Gasteiger charge is 2.61. The molecule has 0 radical (unpaired) electrons. The van der Waals surface area contributed by atoms with Crippen LogP contribution in [0.5, 0.6) is 0 Å². The predicted octanol–water partition coefficient (Wildman–Crippen LogP) is 4.94. The third kappa shape index (κ3) is 5.32. The van der Waals surface area contributed by atoms with Crippen molar-refractivity contribution in [2.45, 2.75) is 37.2 Å². The van der Waals surface area contributed by atoms with E-state index >= 15 is 0 Å². The largest absolute Gasteiger partial charge is 0.441 e. The Balaban J connectivity index is 1.29. The first kappa shape index (κ1) is 27.1. The number of aromatic nitrogens is 6. The van der Waals surface area contributed by atoms with Crippen LogP contribution in [0.25, 0.3) is 11.4 Å². The molecule has 1 aliphatic carbocycles. The molecular weight excluding hydrogens is 546 g/mol. The van der Waals surface area contributed by atoms with Gasteiger partial charge in [0.25, 0.3) is 5.92 Å². The van der Waals surface area contributed by atoms with Crippen LogP contribution in [0.4, 0.5) is 25.1 Å². The summed E-state index contributed by atoms with van der Waals surface area (Å²) in [5.74, 6) is -3.30. The van der Waals surface area contributed by atoms with E-state index < -0.39 is 42.3 Å². The average molecular weight is 569 g/mol. The zero-order valence-electron chi connectivity index (χ0n) is 21.3. The third-order valence-electron chi connectivity index (χ3n) is 6.59. The SMILES string of the molecule is C[C@@H](OC(=O)Nc1c(-c2ccc(NC(=O)C3(c4cccnc4)CC(F)(F)C3)cn2)nnn1C)c1cccnc1Cl. The summed E-state index contributed by atoms with van der Waals surface area (Å²) in [5.41, 5.74) is 0.447. The molecule has 14 heteroatoms. The second kappa shape index (κ2) is 10.6. The van der Waals surface area contributed by atoms with Crippen LogP contribution in [0.15, 0.2) is 61.2 Å². The summed E-state index contributed by atoms with van der Waals surface area (Å²) in [6, 6.07) is 9.71. The topological polar surface area (TPSA) is 137 Å². The molecule has 0 saturated heterocycles. The van der Waals surface area contributed by atoms with Gasteiger partial charge in [0.2, 0.25) is 5.91 Å². The van der Waals surface area contributed by atoms with Gasteiger partial charge in [-0.1, -0.05) is 28.9 Å². The number of nitrogens with one attached hydrogen (secondary N) is 2. The highest BCUT2D eigenvalue weighted by Crippen LogP contribution is 2.53. The molecule has 5 rings (SSSR count). The second-order valence-corrected chi connectivity index (χ2v) is 9.74. The fourth-order valence-electron chi connectivity index (χ4n) is 4.55. The first-order chi connectivity index (χ1) is 19.1. The summed E-state index contributed by atoms with van der Waals surface area (Å²) in [6.45, 7) is 1.66. The Labute approximate surface area is 232 Å². The summed E-state index contributed by atoms with van der Waals surface area (Å²) in [6.07, 6.45) is 3.15. The zero-order valence-corrected chi connectivity index (χ0v) is 22.1. The van der Waals surface area contributed by atoms with Crippen molar-refractivity contribution in [3.8, 4) is 11.4 Å². The number of pyridine rings is 3. The first-order valence-electron chi connectivity index (χ1n) is 12.1. The van der Waals surface area contributed by atoms with E-state index in [0.717, 1.165) is 0 Å². The van der Waals surface area contributed by atoms with Gasteiger partial charge in [-0.05, 0) is 36.8 Å². The molecule has 4 heterocycles. The van der Waals surface area contributed by atoms with Gasteiger partial charge >= 0.3 is 6.09 Å². The normalized spacial score (nSPS) is 15.9. The maximum Gasteiger partial charge on any atom is 0.413 e. The van der Waals surface area contributed by atoms with Crippen LogP contribution in [0.3, 0.4) is 0 Å². The number of halogens is 3. The van der Waals surface area contributed by atoms with Crippen molar-refractivity contribution >= 4 is 35.1 Å². The Morgan fingerprint density at radius 3 is 2.50 bits per heavy atom. The van der Waals surface area contributed by atoms with Gasteiger partial charge < -0.3 is 10.1 Å². The van der Waals surface area contributed by atoms with Crippen LogP contribution in [-0.4, -0.2) is 47.9 Å². The van der Waals surface area contributed by atoms with Gasteiger partial charge in [0.1, 0.15) is 11.3 Å². The average Bonchev–Trinajstić information content (AvgIpc) is 3.27. The minimum Gasteiger partial charge on any atom is -0.441 e. The highest BCUT2D eigenvalue weighted by atomic mass is 35.5. The van der Waals surface area contributed by atoms with E-state index in [-0.39, 0.29) is 16.7 Å². The fourth-order valence-corrected chi connectivity index (χ4v) is 4.83. The number of alkyl halides is 2. The van der Waals surface area contributed by atoms with Gasteiger partial charge in [0.05, 0.1) is 23.0 Å². The van der Waals surface area contributed by atoms with Crippen molar-refractivity contribution in [1.82, 2.24) is 29.9 Å². The van der Waals surface area contributed by atoms with E-state index in [0.29, 0.717) is 22.5 Å². The van der Waals surface area contributed by atoms with Gasteiger partial charge in [-0.3, -0.25) is 20.1 Å². The molecule has 1 atom stereocenters. The lowest BCUT2D eigenvalue weighted by Gasteiger charge is -2.45. The van der Waals surface area contributed by atoms with Crippen LogP contribution in [0.2, 0.25) is 5.15 Å². The summed E-state index contributed by atoms with van der Waals surface area (Å²) >= 11 is 6.08. The van der Waals surface area contributed by atoms with Crippen molar-refractivity contribution in [3.05, 3.63) is 77.5 Å². The third-order valence-corrected chi connectivity index (χ3v) is 6.91. The summed E-state index contributed by atoms with van der Waals surface area (Å²) in [5, 5.41) is 13.5. The van der Waals surface area contributed by atoms with E-state index in [1.807, 2.05) is 0 Å². The second-order valence-electron chi connectivity index (χ2n) is 9.39. The number of amides is 2. The molecule has 1 saturated carbocycles. The quantitative estimate of drug-likeness (QED) is 0.299. The molecular formula is C26H23ClF2N8O3. The fraction of sp³-hybridized carbons (Fsp3) is 0.269. The number of rotatable bonds is 7. The first-order valence-corrected chi connectivity index (χ1v) is 12.5. The van der Waals surface area contributed by atoms with Crippen molar-refractivity contribution in [2.24, 2.45) is 7.05 Å². The van der Waals surface area contributed by atoms with Crippen LogP contribution in [-0.2, 0) is 22.0 Å². The number of hydrogen-bond donors (Lipinski definition) is 2. The molecule has 1 aliphatic rings. The zero-order chi connectivity index (χ0) is 28.5. The Morgan fingerprint density at radius 1 is 1.07 bits per heavy atom. The van der Waals surface area contributed by atoms with Crippen molar-refractivity contribution < 1.29 is 23.1 Å². The van der Waals surface area contributed by atoms with Gasteiger partial charge in [-0.2, -0.15) is 0 Å². The van der Waals surface area contributed by atoms with Gasteiger partial charge in [-0.15, -0.1) is 5.10 Å². The van der Waals surface area contributed by atoms with E-state index in [1.165, 1.54) is 29.5 Å². The number of carbonyl (C=O) groups is 2. The van der Waals surface area contributed by atoms with Crippen molar-refractivity contribution in [1.29, 1.82) is 0 Å². The highest BCUT2D eigenvalue weighted by molar-refractivity contribution is 6.30. The summed E-state index contributed by atoms with van der Waals surface area (Å²) in [7, 11) is 1.58.